The lowest BCUT2D eigenvalue weighted by molar-refractivity contribution is 0.103. The van der Waals surface area contributed by atoms with Gasteiger partial charge in [-0.25, -0.2) is 0 Å². The maximum atomic E-state index is 13.0. The zero-order chi connectivity index (χ0) is 15.7. The third kappa shape index (κ3) is 2.40. The van der Waals surface area contributed by atoms with E-state index in [4.69, 9.17) is 0 Å². The molecule has 0 amide bonds. The summed E-state index contributed by atoms with van der Waals surface area (Å²) >= 11 is 0. The highest BCUT2D eigenvalue weighted by atomic mass is 32.2. The molecular formula is C18H17NO2S. The van der Waals surface area contributed by atoms with Crippen molar-refractivity contribution in [1.82, 2.24) is 4.57 Å². The van der Waals surface area contributed by atoms with E-state index in [1.165, 1.54) is 0 Å². The fourth-order valence-corrected chi connectivity index (χ4v) is 3.62. The van der Waals surface area contributed by atoms with Crippen LogP contribution in [0.3, 0.4) is 0 Å². The Labute approximate surface area is 132 Å². The van der Waals surface area contributed by atoms with E-state index >= 15 is 0 Å². The Kier molecular flexibility index (Phi) is 3.94. The summed E-state index contributed by atoms with van der Waals surface area (Å²) in [6.07, 6.45) is 1.85. The van der Waals surface area contributed by atoms with Gasteiger partial charge in [-0.2, -0.15) is 0 Å². The van der Waals surface area contributed by atoms with Gasteiger partial charge in [-0.05, 0) is 18.2 Å². The number of rotatable bonds is 4. The van der Waals surface area contributed by atoms with Crippen LogP contribution in [0.2, 0.25) is 0 Å². The van der Waals surface area contributed by atoms with Crippen LogP contribution in [0.25, 0.3) is 10.9 Å². The van der Waals surface area contributed by atoms with Crippen molar-refractivity contribution in [3.8, 4) is 0 Å². The molecule has 3 nitrogen and oxygen atoms in total. The van der Waals surface area contributed by atoms with Gasteiger partial charge in [-0.1, -0.05) is 37.3 Å². The Bertz CT molecular complexity index is 880. The standard InChI is InChI=1S/C18H17NO2S/c1-3-22(21)17-11-7-5-9-14(17)18(20)15-12-19(2)16-10-6-4-8-13(15)16/h4-12H,3H2,1-2H3. The second-order valence-corrected chi connectivity index (χ2v) is 6.84. The number of fused-ring (bicyclic) bond motifs is 1. The molecule has 0 aliphatic carbocycles. The highest BCUT2D eigenvalue weighted by Crippen LogP contribution is 2.25. The third-order valence-corrected chi connectivity index (χ3v) is 5.15. The minimum atomic E-state index is -1.15. The highest BCUT2D eigenvalue weighted by Gasteiger charge is 2.19. The first-order chi connectivity index (χ1) is 10.6. The summed E-state index contributed by atoms with van der Waals surface area (Å²) in [6.45, 7) is 1.86. The monoisotopic (exact) mass is 311 g/mol. The number of para-hydroxylation sites is 1. The van der Waals surface area contributed by atoms with Gasteiger partial charge in [-0.3, -0.25) is 9.00 Å². The summed E-state index contributed by atoms with van der Waals surface area (Å²) in [5.41, 5.74) is 2.19. The summed E-state index contributed by atoms with van der Waals surface area (Å²) in [7, 11) is 0.775. The normalized spacial score (nSPS) is 12.5. The molecular weight excluding hydrogens is 294 g/mol. The topological polar surface area (TPSA) is 39.1 Å². The number of carbonyl (C=O) groups is 1. The van der Waals surface area contributed by atoms with Crippen LogP contribution < -0.4 is 0 Å². The fourth-order valence-electron chi connectivity index (χ4n) is 2.68. The molecule has 0 N–H and O–H groups in total. The lowest BCUT2D eigenvalue weighted by Gasteiger charge is -2.06. The van der Waals surface area contributed by atoms with Gasteiger partial charge in [0.25, 0.3) is 0 Å². The zero-order valence-corrected chi connectivity index (χ0v) is 13.4. The summed E-state index contributed by atoms with van der Waals surface area (Å²) in [5.74, 6) is 0.425. The second kappa shape index (κ2) is 5.89. The molecule has 3 aromatic rings. The SMILES string of the molecule is CCS(=O)c1ccccc1C(=O)c1cn(C)c2ccccc12. The smallest absolute Gasteiger partial charge is 0.196 e. The number of aryl methyl sites for hydroxylation is 1. The molecule has 0 bridgehead atoms. The molecule has 1 atom stereocenters. The van der Waals surface area contributed by atoms with Crippen LogP contribution in [0.15, 0.2) is 59.6 Å². The van der Waals surface area contributed by atoms with Crippen LogP contribution in [0.1, 0.15) is 22.8 Å². The summed E-state index contributed by atoms with van der Waals surface area (Å²) in [5, 5.41) is 0.923. The van der Waals surface area contributed by atoms with E-state index in [0.717, 1.165) is 10.9 Å². The summed E-state index contributed by atoms with van der Waals surface area (Å²) in [4.78, 5) is 13.6. The van der Waals surface area contributed by atoms with Crippen LogP contribution in [-0.2, 0) is 17.8 Å². The molecule has 0 fully saturated rings. The predicted octanol–water partition coefficient (Wildman–Crippen LogP) is 3.54. The minimum Gasteiger partial charge on any atom is -0.350 e. The Hall–Kier alpha value is -2.20. The molecule has 112 valence electrons. The molecule has 4 heteroatoms. The third-order valence-electron chi connectivity index (χ3n) is 3.78. The molecule has 0 spiro atoms. The maximum Gasteiger partial charge on any atom is 0.196 e. The summed E-state index contributed by atoms with van der Waals surface area (Å²) < 4.78 is 14.1. The zero-order valence-electron chi connectivity index (χ0n) is 12.6. The average molecular weight is 311 g/mol. The first-order valence-electron chi connectivity index (χ1n) is 7.19. The molecule has 0 radical (unpaired) electrons. The van der Waals surface area contributed by atoms with Crippen molar-refractivity contribution >= 4 is 27.5 Å². The number of nitrogens with zero attached hydrogens (tertiary/aromatic N) is 1. The van der Waals surface area contributed by atoms with Gasteiger partial charge >= 0.3 is 0 Å². The lowest BCUT2D eigenvalue weighted by Crippen LogP contribution is -2.07. The van der Waals surface area contributed by atoms with E-state index in [-0.39, 0.29) is 5.78 Å². The number of carbonyl (C=O) groups excluding carboxylic acids is 1. The Balaban J connectivity index is 2.17. The van der Waals surface area contributed by atoms with Crippen molar-refractivity contribution in [3.05, 3.63) is 65.9 Å². The van der Waals surface area contributed by atoms with Crippen molar-refractivity contribution in [2.45, 2.75) is 11.8 Å². The quantitative estimate of drug-likeness (QED) is 0.691. The van der Waals surface area contributed by atoms with E-state index in [2.05, 4.69) is 0 Å². The molecule has 3 rings (SSSR count). The molecule has 0 aliphatic heterocycles. The first kappa shape index (κ1) is 14.7. The van der Waals surface area contributed by atoms with Crippen molar-refractivity contribution in [2.24, 2.45) is 7.05 Å². The lowest BCUT2D eigenvalue weighted by atomic mass is 10.0. The Morgan fingerprint density at radius 2 is 1.73 bits per heavy atom. The highest BCUT2D eigenvalue weighted by molar-refractivity contribution is 7.85. The van der Waals surface area contributed by atoms with E-state index in [1.54, 1.807) is 12.1 Å². The van der Waals surface area contributed by atoms with Gasteiger partial charge in [0.05, 0.1) is 10.8 Å². The van der Waals surface area contributed by atoms with Crippen LogP contribution in [0.5, 0.6) is 0 Å². The molecule has 0 saturated carbocycles. The fraction of sp³-hybridized carbons (Fsp3) is 0.167. The van der Waals surface area contributed by atoms with Crippen molar-refractivity contribution in [1.29, 1.82) is 0 Å². The predicted molar refractivity (Wildman–Crippen MR) is 89.7 cm³/mol. The minimum absolute atomic E-state index is 0.0748. The summed E-state index contributed by atoms with van der Waals surface area (Å²) in [6, 6.07) is 15.0. The largest absolute Gasteiger partial charge is 0.350 e. The van der Waals surface area contributed by atoms with Crippen LogP contribution >= 0.6 is 0 Å². The van der Waals surface area contributed by atoms with Gasteiger partial charge in [0, 0.05) is 45.9 Å². The van der Waals surface area contributed by atoms with E-state index in [9.17, 15) is 9.00 Å². The second-order valence-electron chi connectivity index (χ2n) is 5.13. The van der Waals surface area contributed by atoms with E-state index < -0.39 is 10.8 Å². The number of hydrogen-bond donors (Lipinski definition) is 0. The maximum absolute atomic E-state index is 13.0. The Morgan fingerprint density at radius 3 is 2.50 bits per heavy atom. The van der Waals surface area contributed by atoms with Crippen molar-refractivity contribution in [3.63, 3.8) is 0 Å². The van der Waals surface area contributed by atoms with Gasteiger partial charge in [0.2, 0.25) is 0 Å². The van der Waals surface area contributed by atoms with Crippen molar-refractivity contribution < 1.29 is 9.00 Å². The Morgan fingerprint density at radius 1 is 1.05 bits per heavy atom. The van der Waals surface area contributed by atoms with Crippen LogP contribution in [0, 0.1) is 0 Å². The van der Waals surface area contributed by atoms with Gasteiger partial charge in [0.15, 0.2) is 5.78 Å². The number of aromatic nitrogens is 1. The van der Waals surface area contributed by atoms with Crippen LogP contribution in [-0.4, -0.2) is 20.3 Å². The number of ketones is 1. The molecule has 1 aromatic heterocycles. The van der Waals surface area contributed by atoms with E-state index in [0.29, 0.717) is 21.8 Å². The molecule has 22 heavy (non-hydrogen) atoms. The average Bonchev–Trinajstić information content (AvgIpc) is 2.91. The van der Waals surface area contributed by atoms with Gasteiger partial charge < -0.3 is 4.57 Å². The molecule has 0 aliphatic rings. The van der Waals surface area contributed by atoms with Gasteiger partial charge in [0.1, 0.15) is 0 Å². The molecule has 2 aromatic carbocycles. The van der Waals surface area contributed by atoms with E-state index in [1.807, 2.05) is 61.1 Å². The van der Waals surface area contributed by atoms with Crippen LogP contribution in [0.4, 0.5) is 0 Å². The molecule has 1 heterocycles. The number of benzene rings is 2. The molecule has 1 unspecified atom stereocenters. The molecule has 0 saturated heterocycles. The van der Waals surface area contributed by atoms with Gasteiger partial charge in [-0.15, -0.1) is 0 Å². The van der Waals surface area contributed by atoms with Crippen molar-refractivity contribution in [2.75, 3.05) is 5.75 Å². The number of hydrogen-bond acceptors (Lipinski definition) is 2. The first-order valence-corrected chi connectivity index (χ1v) is 8.51.